The summed E-state index contributed by atoms with van der Waals surface area (Å²) in [5.41, 5.74) is 4.80. The Morgan fingerprint density at radius 2 is 1.89 bits per heavy atom. The molecule has 0 amide bonds. The molecule has 0 atom stereocenters. The Morgan fingerprint density at radius 3 is 2.61 bits per heavy atom. The van der Waals surface area contributed by atoms with Crippen LogP contribution in [0.1, 0.15) is 49.8 Å². The summed E-state index contributed by atoms with van der Waals surface area (Å²) >= 11 is 0. The maximum absolute atomic E-state index is 6.17. The summed E-state index contributed by atoms with van der Waals surface area (Å²) in [6, 6.07) is 5.83. The summed E-state index contributed by atoms with van der Waals surface area (Å²) in [5.74, 6) is 1.61. The van der Waals surface area contributed by atoms with Crippen molar-refractivity contribution >= 4 is 16.6 Å². The van der Waals surface area contributed by atoms with Gasteiger partial charge in [-0.1, -0.05) is 0 Å². The van der Waals surface area contributed by atoms with Crippen molar-refractivity contribution in [3.8, 4) is 11.5 Å². The fraction of sp³-hybridized carbons (Fsp3) is 0.609. The third-order valence-electron chi connectivity index (χ3n) is 6.97. The van der Waals surface area contributed by atoms with E-state index in [4.69, 9.17) is 14.5 Å². The minimum Gasteiger partial charge on any atom is -0.493 e. The number of rotatable bonds is 7. The quantitative estimate of drug-likeness (QED) is 0.730. The standard InChI is InChI=1S/C23H31N3O2/c1-24-23-17-5-3-6-19(17)25-20-14-22(21(27-2)13-18(20)23)28-12-4-11-26-15-7-8-16(26)10-9-15/h13-16H,3-12H2,1-2H3,(H,24,25). The van der Waals surface area contributed by atoms with Crippen LogP contribution in [0.4, 0.5) is 5.69 Å². The lowest BCUT2D eigenvalue weighted by molar-refractivity contribution is 0.216. The predicted molar refractivity (Wildman–Crippen MR) is 113 cm³/mol. The molecule has 28 heavy (non-hydrogen) atoms. The van der Waals surface area contributed by atoms with Crippen molar-refractivity contribution < 1.29 is 9.47 Å². The second kappa shape index (κ2) is 7.43. The van der Waals surface area contributed by atoms with Crippen molar-refractivity contribution in [3.63, 3.8) is 0 Å². The van der Waals surface area contributed by atoms with Crippen LogP contribution < -0.4 is 14.8 Å². The van der Waals surface area contributed by atoms with Crippen molar-refractivity contribution in [1.82, 2.24) is 9.88 Å². The highest BCUT2D eigenvalue weighted by atomic mass is 16.5. The Balaban J connectivity index is 1.33. The number of fused-ring (bicyclic) bond motifs is 4. The van der Waals surface area contributed by atoms with Crippen LogP contribution in [0, 0.1) is 0 Å². The van der Waals surface area contributed by atoms with Gasteiger partial charge in [0.2, 0.25) is 0 Å². The van der Waals surface area contributed by atoms with Crippen LogP contribution in [0.15, 0.2) is 12.1 Å². The average Bonchev–Trinajstić information content (AvgIpc) is 3.44. The van der Waals surface area contributed by atoms with Crippen LogP contribution in [-0.2, 0) is 12.8 Å². The number of aromatic nitrogens is 1. The second-order valence-corrected chi connectivity index (χ2v) is 8.44. The van der Waals surface area contributed by atoms with Gasteiger partial charge in [0, 0.05) is 48.5 Å². The van der Waals surface area contributed by atoms with Gasteiger partial charge in [-0.25, -0.2) is 0 Å². The van der Waals surface area contributed by atoms with E-state index in [9.17, 15) is 0 Å². The molecule has 2 aliphatic heterocycles. The molecule has 0 radical (unpaired) electrons. The molecular weight excluding hydrogens is 350 g/mol. The summed E-state index contributed by atoms with van der Waals surface area (Å²) in [6.07, 6.45) is 10.0. The summed E-state index contributed by atoms with van der Waals surface area (Å²) < 4.78 is 11.8. The van der Waals surface area contributed by atoms with Gasteiger partial charge in [0.25, 0.3) is 0 Å². The lowest BCUT2D eigenvalue weighted by Gasteiger charge is -2.21. The zero-order valence-electron chi connectivity index (χ0n) is 17.1. The molecule has 1 N–H and O–H groups in total. The zero-order valence-corrected chi connectivity index (χ0v) is 17.1. The van der Waals surface area contributed by atoms with Crippen LogP contribution in [-0.4, -0.2) is 49.3 Å². The number of nitrogens with one attached hydrogen (secondary N) is 1. The second-order valence-electron chi connectivity index (χ2n) is 8.44. The molecule has 5 nitrogen and oxygen atoms in total. The Bertz CT molecular complexity index is 862. The van der Waals surface area contributed by atoms with E-state index in [1.165, 1.54) is 49.0 Å². The van der Waals surface area contributed by atoms with Crippen molar-refractivity contribution in [1.29, 1.82) is 0 Å². The third-order valence-corrected chi connectivity index (χ3v) is 6.97. The Morgan fingerprint density at radius 1 is 1.11 bits per heavy atom. The molecule has 1 aromatic heterocycles. The SMILES string of the molecule is CNc1c2c(nc3cc(OCCCN4C5CCC4CC5)c(OC)cc13)CCC2. The fourth-order valence-corrected chi connectivity index (χ4v) is 5.64. The lowest BCUT2D eigenvalue weighted by Crippen LogP contribution is -2.30. The Kier molecular flexibility index (Phi) is 4.79. The van der Waals surface area contributed by atoms with Crippen LogP contribution in [0.5, 0.6) is 11.5 Å². The minimum atomic E-state index is 0.724. The molecule has 2 fully saturated rings. The van der Waals surface area contributed by atoms with E-state index in [0.29, 0.717) is 0 Å². The van der Waals surface area contributed by atoms with Crippen molar-refractivity contribution in [2.75, 3.05) is 32.6 Å². The molecule has 5 heteroatoms. The number of nitrogens with zero attached hydrogens (tertiary/aromatic N) is 2. The zero-order chi connectivity index (χ0) is 19.1. The molecule has 0 saturated carbocycles. The van der Waals surface area contributed by atoms with E-state index in [2.05, 4.69) is 22.3 Å². The van der Waals surface area contributed by atoms with Gasteiger partial charge < -0.3 is 14.8 Å². The normalized spacial score (nSPS) is 23.4. The molecule has 5 rings (SSSR count). The lowest BCUT2D eigenvalue weighted by atomic mass is 10.0. The van der Waals surface area contributed by atoms with Crippen molar-refractivity contribution in [2.45, 2.75) is 63.5 Å². The van der Waals surface area contributed by atoms with Crippen LogP contribution >= 0.6 is 0 Å². The molecule has 2 saturated heterocycles. The topological polar surface area (TPSA) is 46.6 Å². The fourth-order valence-electron chi connectivity index (χ4n) is 5.64. The number of anilines is 1. The number of pyridine rings is 1. The monoisotopic (exact) mass is 381 g/mol. The molecule has 2 bridgehead atoms. The minimum absolute atomic E-state index is 0.724. The van der Waals surface area contributed by atoms with Gasteiger partial charge >= 0.3 is 0 Å². The molecule has 0 unspecified atom stereocenters. The van der Waals surface area contributed by atoms with Gasteiger partial charge in [-0.2, -0.15) is 0 Å². The van der Waals surface area contributed by atoms with Gasteiger partial charge in [0.1, 0.15) is 0 Å². The van der Waals surface area contributed by atoms with Gasteiger partial charge in [0.05, 0.1) is 19.2 Å². The van der Waals surface area contributed by atoms with Crippen LogP contribution in [0.25, 0.3) is 10.9 Å². The highest BCUT2D eigenvalue weighted by Gasteiger charge is 2.38. The van der Waals surface area contributed by atoms with Crippen molar-refractivity contribution in [3.05, 3.63) is 23.4 Å². The first-order valence-electron chi connectivity index (χ1n) is 10.9. The van der Waals surface area contributed by atoms with E-state index < -0.39 is 0 Å². The summed E-state index contributed by atoms with van der Waals surface area (Å²) in [5, 5.41) is 4.52. The average molecular weight is 382 g/mol. The van der Waals surface area contributed by atoms with E-state index >= 15 is 0 Å². The maximum Gasteiger partial charge on any atom is 0.163 e. The summed E-state index contributed by atoms with van der Waals surface area (Å²) in [4.78, 5) is 7.65. The number of benzene rings is 1. The van der Waals surface area contributed by atoms with Crippen molar-refractivity contribution in [2.24, 2.45) is 0 Å². The predicted octanol–water partition coefficient (Wildman–Crippen LogP) is 4.17. The Hall–Kier alpha value is -2.01. The third kappa shape index (κ3) is 3.00. The van der Waals surface area contributed by atoms with Gasteiger partial charge in [0.15, 0.2) is 11.5 Å². The van der Waals surface area contributed by atoms with Gasteiger partial charge in [-0.15, -0.1) is 0 Å². The summed E-state index contributed by atoms with van der Waals surface area (Å²) in [6.45, 7) is 1.88. The first-order chi connectivity index (χ1) is 13.8. The van der Waals surface area contributed by atoms with Crippen LogP contribution in [0.3, 0.4) is 0 Å². The van der Waals surface area contributed by atoms with E-state index in [-0.39, 0.29) is 0 Å². The molecule has 150 valence electrons. The first kappa shape index (κ1) is 18.0. The highest BCUT2D eigenvalue weighted by Crippen LogP contribution is 2.40. The van der Waals surface area contributed by atoms with Gasteiger partial charge in [-0.05, 0) is 63.0 Å². The van der Waals surface area contributed by atoms with Gasteiger partial charge in [-0.3, -0.25) is 9.88 Å². The Labute approximate surface area is 167 Å². The first-order valence-corrected chi connectivity index (χ1v) is 10.9. The highest BCUT2D eigenvalue weighted by molar-refractivity contribution is 5.95. The largest absolute Gasteiger partial charge is 0.493 e. The van der Waals surface area contributed by atoms with E-state index in [1.54, 1.807) is 7.11 Å². The van der Waals surface area contributed by atoms with Crippen LogP contribution in [0.2, 0.25) is 0 Å². The van der Waals surface area contributed by atoms with E-state index in [1.807, 2.05) is 7.05 Å². The molecule has 0 spiro atoms. The molecule has 1 aliphatic carbocycles. The molecular formula is C23H31N3O2. The van der Waals surface area contributed by atoms with E-state index in [0.717, 1.165) is 66.9 Å². The summed E-state index contributed by atoms with van der Waals surface area (Å²) in [7, 11) is 3.71. The number of methoxy groups -OCH3 is 1. The number of ether oxygens (including phenoxy) is 2. The smallest absolute Gasteiger partial charge is 0.163 e. The maximum atomic E-state index is 6.17. The number of aryl methyl sites for hydroxylation is 1. The number of hydrogen-bond acceptors (Lipinski definition) is 5. The molecule has 2 aromatic rings. The number of hydrogen-bond donors (Lipinski definition) is 1. The molecule has 1 aromatic carbocycles. The molecule has 3 heterocycles. The molecule has 3 aliphatic rings.